The maximum Gasteiger partial charge on any atom is 0.256 e. The van der Waals surface area contributed by atoms with Gasteiger partial charge in [0, 0.05) is 23.9 Å². The number of nitrogens with zero attached hydrogens (tertiary/aromatic N) is 2. The highest BCUT2D eigenvalue weighted by Gasteiger charge is 2.29. The Morgan fingerprint density at radius 2 is 2.25 bits per heavy atom. The van der Waals surface area contributed by atoms with Crippen LogP contribution in [0.15, 0.2) is 41.9 Å². The van der Waals surface area contributed by atoms with Gasteiger partial charge in [-0.15, -0.1) is 11.3 Å². The quantitative estimate of drug-likeness (QED) is 0.869. The minimum atomic E-state index is -0.310. The smallest absolute Gasteiger partial charge is 0.256 e. The van der Waals surface area contributed by atoms with Crippen LogP contribution in [-0.4, -0.2) is 23.6 Å². The molecule has 1 saturated heterocycles. The summed E-state index contributed by atoms with van der Waals surface area (Å²) in [4.78, 5) is 18.7. The van der Waals surface area contributed by atoms with E-state index in [9.17, 15) is 4.79 Å². The van der Waals surface area contributed by atoms with E-state index in [0.717, 1.165) is 23.5 Å². The fourth-order valence-electron chi connectivity index (χ4n) is 2.32. The number of ether oxygens (including phenoxy) is 1. The van der Waals surface area contributed by atoms with Gasteiger partial charge >= 0.3 is 0 Å². The SMILES string of the molecule is O=C(C1CCCO1)N(Cc1nccs1)c1ccccc1. The Balaban J connectivity index is 1.84. The lowest BCUT2D eigenvalue weighted by atomic mass is 10.2. The largest absolute Gasteiger partial charge is 0.368 e. The maximum atomic E-state index is 12.6. The third kappa shape index (κ3) is 2.89. The molecule has 1 unspecified atom stereocenters. The van der Waals surface area contributed by atoms with Gasteiger partial charge in [-0.05, 0) is 25.0 Å². The average molecular weight is 288 g/mol. The van der Waals surface area contributed by atoms with Gasteiger partial charge in [0.05, 0.1) is 6.54 Å². The summed E-state index contributed by atoms with van der Waals surface area (Å²) in [6.45, 7) is 1.18. The summed E-state index contributed by atoms with van der Waals surface area (Å²) in [5, 5.41) is 2.86. The molecule has 2 aromatic rings. The molecule has 0 N–H and O–H groups in total. The molecule has 1 amide bonds. The molecular weight excluding hydrogens is 272 g/mol. The fraction of sp³-hybridized carbons (Fsp3) is 0.333. The third-order valence-electron chi connectivity index (χ3n) is 3.32. The predicted molar refractivity (Wildman–Crippen MR) is 78.7 cm³/mol. The van der Waals surface area contributed by atoms with Gasteiger partial charge in [-0.2, -0.15) is 0 Å². The van der Waals surface area contributed by atoms with E-state index in [1.165, 1.54) is 0 Å². The number of carbonyl (C=O) groups excluding carboxylic acids is 1. The Morgan fingerprint density at radius 3 is 2.90 bits per heavy atom. The summed E-state index contributed by atoms with van der Waals surface area (Å²) in [6, 6.07) is 9.71. The first kappa shape index (κ1) is 13.3. The second kappa shape index (κ2) is 6.15. The summed E-state index contributed by atoms with van der Waals surface area (Å²) in [7, 11) is 0. The standard InChI is InChI=1S/C15H16N2O2S/c18-15(13-7-4-9-19-13)17(11-14-16-8-10-20-14)12-5-2-1-3-6-12/h1-3,5-6,8,10,13H,4,7,9,11H2. The molecule has 0 spiro atoms. The van der Waals surface area contributed by atoms with Gasteiger partial charge < -0.3 is 9.64 Å². The number of thiazole rings is 1. The Bertz CT molecular complexity index is 551. The van der Waals surface area contributed by atoms with Crippen molar-refractivity contribution in [2.75, 3.05) is 11.5 Å². The summed E-state index contributed by atoms with van der Waals surface area (Å²) < 4.78 is 5.53. The zero-order chi connectivity index (χ0) is 13.8. The van der Waals surface area contributed by atoms with E-state index in [1.807, 2.05) is 35.7 Å². The van der Waals surface area contributed by atoms with Crippen LogP contribution in [-0.2, 0) is 16.1 Å². The third-order valence-corrected chi connectivity index (χ3v) is 4.08. The first-order chi connectivity index (χ1) is 9.84. The van der Waals surface area contributed by atoms with Gasteiger partial charge in [0.2, 0.25) is 0 Å². The van der Waals surface area contributed by atoms with Gasteiger partial charge in [0.25, 0.3) is 5.91 Å². The average Bonchev–Trinajstić information content (AvgIpc) is 3.18. The number of amides is 1. The number of hydrogen-bond acceptors (Lipinski definition) is 4. The summed E-state index contributed by atoms with van der Waals surface area (Å²) in [6.07, 6.45) is 3.21. The lowest BCUT2D eigenvalue weighted by Gasteiger charge is -2.24. The van der Waals surface area contributed by atoms with Gasteiger partial charge in [0.15, 0.2) is 0 Å². The minimum absolute atomic E-state index is 0.0314. The van der Waals surface area contributed by atoms with Crippen molar-refractivity contribution in [1.29, 1.82) is 0 Å². The first-order valence-electron chi connectivity index (χ1n) is 6.71. The first-order valence-corrected chi connectivity index (χ1v) is 7.59. The van der Waals surface area contributed by atoms with Crippen molar-refractivity contribution >= 4 is 22.9 Å². The van der Waals surface area contributed by atoms with Gasteiger partial charge in [-0.3, -0.25) is 4.79 Å². The van der Waals surface area contributed by atoms with Crippen LogP contribution < -0.4 is 4.90 Å². The highest BCUT2D eigenvalue weighted by atomic mass is 32.1. The Labute approximate surface area is 122 Å². The molecule has 4 nitrogen and oxygen atoms in total. The topological polar surface area (TPSA) is 42.4 Å². The van der Waals surface area contributed by atoms with Crippen molar-refractivity contribution in [2.45, 2.75) is 25.5 Å². The van der Waals surface area contributed by atoms with E-state index in [4.69, 9.17) is 4.74 Å². The predicted octanol–water partition coefficient (Wildman–Crippen LogP) is 2.86. The molecule has 1 aromatic heterocycles. The van der Waals surface area contributed by atoms with Crippen LogP contribution in [0.2, 0.25) is 0 Å². The van der Waals surface area contributed by atoms with Crippen LogP contribution in [0.3, 0.4) is 0 Å². The normalized spacial score (nSPS) is 18.1. The zero-order valence-electron chi connectivity index (χ0n) is 11.1. The molecule has 0 bridgehead atoms. The van der Waals surface area contributed by atoms with E-state index in [-0.39, 0.29) is 12.0 Å². The van der Waals surface area contributed by atoms with Crippen LogP contribution in [0.1, 0.15) is 17.8 Å². The second-order valence-corrected chi connectivity index (χ2v) is 5.67. The molecule has 1 aliphatic heterocycles. The zero-order valence-corrected chi connectivity index (χ0v) is 11.9. The Hall–Kier alpha value is -1.72. The lowest BCUT2D eigenvalue weighted by molar-refractivity contribution is -0.127. The number of aromatic nitrogens is 1. The molecule has 1 atom stereocenters. The molecule has 2 heterocycles. The van der Waals surface area contributed by atoms with Gasteiger partial charge in [0.1, 0.15) is 11.1 Å². The van der Waals surface area contributed by atoms with Crippen molar-refractivity contribution < 1.29 is 9.53 Å². The number of rotatable bonds is 4. The van der Waals surface area contributed by atoms with E-state index in [1.54, 1.807) is 22.4 Å². The van der Waals surface area contributed by atoms with E-state index >= 15 is 0 Å². The molecule has 1 aliphatic rings. The second-order valence-electron chi connectivity index (χ2n) is 4.69. The molecule has 1 aromatic carbocycles. The number of hydrogen-bond donors (Lipinski definition) is 0. The number of carbonyl (C=O) groups is 1. The van der Waals surface area contributed by atoms with Crippen LogP contribution in [0.25, 0.3) is 0 Å². The monoisotopic (exact) mass is 288 g/mol. The molecule has 5 heteroatoms. The Morgan fingerprint density at radius 1 is 1.40 bits per heavy atom. The van der Waals surface area contributed by atoms with Crippen LogP contribution in [0.4, 0.5) is 5.69 Å². The highest BCUT2D eigenvalue weighted by Crippen LogP contribution is 2.23. The van der Waals surface area contributed by atoms with Crippen LogP contribution in [0, 0.1) is 0 Å². The summed E-state index contributed by atoms with van der Waals surface area (Å²) >= 11 is 1.56. The molecular formula is C15H16N2O2S. The molecule has 20 heavy (non-hydrogen) atoms. The summed E-state index contributed by atoms with van der Waals surface area (Å²) in [5.41, 5.74) is 0.892. The van der Waals surface area contributed by atoms with Crippen molar-refractivity contribution in [3.8, 4) is 0 Å². The van der Waals surface area contributed by atoms with Crippen molar-refractivity contribution in [1.82, 2.24) is 4.98 Å². The number of para-hydroxylation sites is 1. The molecule has 104 valence electrons. The lowest BCUT2D eigenvalue weighted by Crippen LogP contribution is -2.38. The van der Waals surface area contributed by atoms with Crippen LogP contribution >= 0.6 is 11.3 Å². The maximum absolute atomic E-state index is 12.6. The van der Waals surface area contributed by atoms with Crippen LogP contribution in [0.5, 0.6) is 0 Å². The van der Waals surface area contributed by atoms with E-state index < -0.39 is 0 Å². The number of benzene rings is 1. The molecule has 3 rings (SSSR count). The van der Waals surface area contributed by atoms with Gasteiger partial charge in [-0.25, -0.2) is 4.98 Å². The van der Waals surface area contributed by atoms with E-state index in [0.29, 0.717) is 13.2 Å². The summed E-state index contributed by atoms with van der Waals surface area (Å²) in [5.74, 6) is 0.0314. The molecule has 0 saturated carbocycles. The van der Waals surface area contributed by atoms with Crippen molar-refractivity contribution in [2.24, 2.45) is 0 Å². The Kier molecular flexibility index (Phi) is 4.08. The van der Waals surface area contributed by atoms with E-state index in [2.05, 4.69) is 4.98 Å². The molecule has 0 aliphatic carbocycles. The van der Waals surface area contributed by atoms with Crippen molar-refractivity contribution in [3.63, 3.8) is 0 Å². The number of anilines is 1. The molecule has 1 fully saturated rings. The fourth-order valence-corrected chi connectivity index (χ4v) is 2.92. The minimum Gasteiger partial charge on any atom is -0.368 e. The van der Waals surface area contributed by atoms with Crippen molar-refractivity contribution in [3.05, 3.63) is 46.9 Å². The van der Waals surface area contributed by atoms with Gasteiger partial charge in [-0.1, -0.05) is 18.2 Å². The molecule has 0 radical (unpaired) electrons. The highest BCUT2D eigenvalue weighted by molar-refractivity contribution is 7.09.